The van der Waals surface area contributed by atoms with Crippen LogP contribution in [0.5, 0.6) is 0 Å². The minimum absolute atomic E-state index is 0.00333. The van der Waals surface area contributed by atoms with Gasteiger partial charge in [0.2, 0.25) is 5.91 Å². The van der Waals surface area contributed by atoms with E-state index in [0.717, 1.165) is 17.1 Å². The monoisotopic (exact) mass is 456 g/mol. The first kappa shape index (κ1) is 22.8. The van der Waals surface area contributed by atoms with E-state index in [1.165, 1.54) is 7.11 Å². The first-order chi connectivity index (χ1) is 15.7. The number of nitrogens with two attached hydrogens (primary N) is 1. The van der Waals surface area contributed by atoms with Crippen molar-refractivity contribution in [1.82, 2.24) is 29.4 Å². The van der Waals surface area contributed by atoms with Crippen LogP contribution in [0.4, 0.5) is 11.6 Å². The molecule has 1 fully saturated rings. The molecule has 3 N–H and O–H groups in total. The molecule has 0 spiro atoms. The van der Waals surface area contributed by atoms with Crippen molar-refractivity contribution in [1.29, 1.82) is 0 Å². The van der Waals surface area contributed by atoms with Crippen molar-refractivity contribution < 1.29 is 9.53 Å². The average molecular weight is 457 g/mol. The van der Waals surface area contributed by atoms with Gasteiger partial charge in [0, 0.05) is 64.2 Å². The number of pyridine rings is 1. The number of H-pyrrole nitrogens is 1. The maximum Gasteiger partial charge on any atom is 0.264 e. The van der Waals surface area contributed by atoms with Crippen molar-refractivity contribution >= 4 is 28.4 Å². The minimum atomic E-state index is -0.158. The highest BCUT2D eigenvalue weighted by molar-refractivity contribution is 5.97. The molecule has 0 saturated carbocycles. The summed E-state index contributed by atoms with van der Waals surface area (Å²) >= 11 is 0. The molecule has 1 aliphatic heterocycles. The van der Waals surface area contributed by atoms with Gasteiger partial charge in [-0.15, -0.1) is 0 Å². The second-order valence-electron chi connectivity index (χ2n) is 8.91. The van der Waals surface area contributed by atoms with E-state index >= 15 is 0 Å². The van der Waals surface area contributed by atoms with Gasteiger partial charge in [-0.3, -0.25) is 19.4 Å². The summed E-state index contributed by atoms with van der Waals surface area (Å²) in [7, 11) is 3.42. The van der Waals surface area contributed by atoms with E-state index < -0.39 is 0 Å². The number of carbonyl (C=O) groups is 1. The Morgan fingerprint density at radius 3 is 2.58 bits per heavy atom. The number of nitrogens with one attached hydrogen (secondary N) is 1. The summed E-state index contributed by atoms with van der Waals surface area (Å²) in [6.07, 6.45) is 1.85. The van der Waals surface area contributed by atoms with Crippen LogP contribution < -0.4 is 16.2 Å². The van der Waals surface area contributed by atoms with Gasteiger partial charge in [0.1, 0.15) is 17.8 Å². The molecular formula is C22H32N8O3. The number of nitrogen functional groups attached to an aromatic ring is 1. The molecule has 0 aliphatic carbocycles. The maximum absolute atomic E-state index is 13.1. The Labute approximate surface area is 192 Å². The fraction of sp³-hybridized carbons (Fsp3) is 0.545. The summed E-state index contributed by atoms with van der Waals surface area (Å²) in [6.45, 7) is 8.93. The number of hydrogen-bond donors (Lipinski definition) is 2. The predicted molar refractivity (Wildman–Crippen MR) is 127 cm³/mol. The van der Waals surface area contributed by atoms with E-state index in [9.17, 15) is 9.59 Å². The SMILES string of the molecule is COCC(=O)N1CCN(c2cc(-c3cn([C@@H](C)C(C)C)c(=O)c4c(N)n[nH]c34)nn2C)CC1. The summed E-state index contributed by atoms with van der Waals surface area (Å²) in [5.41, 5.74) is 7.98. The van der Waals surface area contributed by atoms with Crippen molar-refractivity contribution in [3.8, 4) is 11.3 Å². The zero-order chi connectivity index (χ0) is 23.9. The standard InChI is InChI=1S/C22H32N8O3/c1-13(2)14(3)30-11-15(20-19(22(30)32)21(23)25-24-20)16-10-17(27(4)26-16)28-6-8-29(9-7-28)18(31)12-33-5/h10-11,13-14H,6-9,12H2,1-5H3,(H3,23,24,25)/t14-/m0/s1. The Morgan fingerprint density at radius 2 is 1.94 bits per heavy atom. The number of amides is 1. The van der Waals surface area contributed by atoms with E-state index in [4.69, 9.17) is 15.6 Å². The molecule has 178 valence electrons. The van der Waals surface area contributed by atoms with Gasteiger partial charge in [-0.05, 0) is 12.8 Å². The molecule has 0 aromatic carbocycles. The molecule has 3 aromatic heterocycles. The zero-order valence-electron chi connectivity index (χ0n) is 19.8. The second-order valence-corrected chi connectivity index (χ2v) is 8.91. The Kier molecular flexibility index (Phi) is 6.15. The van der Waals surface area contributed by atoms with Crippen molar-refractivity contribution in [2.45, 2.75) is 26.8 Å². The molecule has 1 aliphatic rings. The number of nitrogens with zero attached hydrogens (tertiary/aromatic N) is 6. The van der Waals surface area contributed by atoms with Gasteiger partial charge in [-0.2, -0.15) is 10.2 Å². The van der Waals surface area contributed by atoms with Crippen LogP contribution in [0, 0.1) is 5.92 Å². The van der Waals surface area contributed by atoms with E-state index in [-0.39, 0.29) is 35.9 Å². The van der Waals surface area contributed by atoms with Gasteiger partial charge in [0.05, 0.1) is 11.2 Å². The molecule has 11 nitrogen and oxygen atoms in total. The van der Waals surface area contributed by atoms with Crippen LogP contribution in [0.3, 0.4) is 0 Å². The van der Waals surface area contributed by atoms with Crippen LogP contribution in [0.2, 0.25) is 0 Å². The molecule has 4 heterocycles. The molecular weight excluding hydrogens is 424 g/mol. The van der Waals surface area contributed by atoms with Crippen LogP contribution in [0.25, 0.3) is 22.2 Å². The third-order valence-electron chi connectivity index (χ3n) is 6.54. The Hall–Kier alpha value is -3.34. The van der Waals surface area contributed by atoms with E-state index in [0.29, 0.717) is 37.1 Å². The quantitative estimate of drug-likeness (QED) is 0.571. The Bertz CT molecular complexity index is 1220. The van der Waals surface area contributed by atoms with Crippen molar-refractivity contribution in [2.75, 3.05) is 50.5 Å². The summed E-state index contributed by atoms with van der Waals surface area (Å²) in [6, 6.07) is 1.99. The lowest BCUT2D eigenvalue weighted by atomic mass is 10.0. The Balaban J connectivity index is 1.70. The number of aryl methyl sites for hydroxylation is 1. The average Bonchev–Trinajstić information content (AvgIpc) is 3.37. The lowest BCUT2D eigenvalue weighted by Crippen LogP contribution is -2.50. The zero-order valence-corrected chi connectivity index (χ0v) is 19.8. The van der Waals surface area contributed by atoms with Gasteiger partial charge in [0.15, 0.2) is 5.82 Å². The van der Waals surface area contributed by atoms with Crippen molar-refractivity contribution in [2.24, 2.45) is 13.0 Å². The van der Waals surface area contributed by atoms with E-state index in [2.05, 4.69) is 28.9 Å². The first-order valence-electron chi connectivity index (χ1n) is 11.2. The molecule has 11 heteroatoms. The molecule has 0 radical (unpaired) electrons. The van der Waals surface area contributed by atoms with Crippen molar-refractivity contribution in [3.05, 3.63) is 22.6 Å². The number of hydrogen-bond acceptors (Lipinski definition) is 7. The summed E-state index contributed by atoms with van der Waals surface area (Å²) in [5.74, 6) is 1.40. The van der Waals surface area contributed by atoms with Crippen LogP contribution >= 0.6 is 0 Å². The smallest absolute Gasteiger partial charge is 0.264 e. The molecule has 33 heavy (non-hydrogen) atoms. The van der Waals surface area contributed by atoms with Crippen LogP contribution in [-0.2, 0) is 16.6 Å². The number of aromatic amines is 1. The van der Waals surface area contributed by atoms with Crippen LogP contribution in [0.1, 0.15) is 26.8 Å². The number of rotatable bonds is 6. The van der Waals surface area contributed by atoms with Gasteiger partial charge >= 0.3 is 0 Å². The summed E-state index contributed by atoms with van der Waals surface area (Å²) < 4.78 is 8.52. The third kappa shape index (κ3) is 4.08. The number of carbonyl (C=O) groups excluding carboxylic acids is 1. The molecule has 1 saturated heterocycles. The maximum atomic E-state index is 13.1. The van der Waals surface area contributed by atoms with Crippen LogP contribution in [0.15, 0.2) is 17.1 Å². The second kappa shape index (κ2) is 8.89. The summed E-state index contributed by atoms with van der Waals surface area (Å²) in [5, 5.41) is 12.1. The van der Waals surface area contributed by atoms with Gasteiger partial charge in [0.25, 0.3) is 5.56 Å². The molecule has 0 bridgehead atoms. The molecule has 1 atom stereocenters. The van der Waals surface area contributed by atoms with Gasteiger partial charge in [-0.25, -0.2) is 0 Å². The number of fused-ring (bicyclic) bond motifs is 1. The molecule has 3 aromatic rings. The molecule has 1 amide bonds. The number of piperazine rings is 1. The van der Waals surface area contributed by atoms with Gasteiger partial charge < -0.3 is 24.8 Å². The van der Waals surface area contributed by atoms with Crippen LogP contribution in [-0.4, -0.2) is 75.2 Å². The highest BCUT2D eigenvalue weighted by Crippen LogP contribution is 2.31. The third-order valence-corrected chi connectivity index (χ3v) is 6.54. The molecule has 0 unspecified atom stereocenters. The number of methoxy groups -OCH3 is 1. The van der Waals surface area contributed by atoms with E-state index in [1.807, 2.05) is 35.8 Å². The van der Waals surface area contributed by atoms with E-state index in [1.54, 1.807) is 4.57 Å². The van der Waals surface area contributed by atoms with Gasteiger partial charge in [-0.1, -0.05) is 13.8 Å². The summed E-state index contributed by atoms with van der Waals surface area (Å²) in [4.78, 5) is 29.3. The number of anilines is 2. The first-order valence-corrected chi connectivity index (χ1v) is 11.2. The Morgan fingerprint density at radius 1 is 1.24 bits per heavy atom. The lowest BCUT2D eigenvalue weighted by molar-refractivity contribution is -0.135. The largest absolute Gasteiger partial charge is 0.382 e. The topological polar surface area (TPSA) is 127 Å². The number of aromatic nitrogens is 5. The fourth-order valence-electron chi connectivity index (χ4n) is 4.26. The predicted octanol–water partition coefficient (Wildman–Crippen LogP) is 1.22. The lowest BCUT2D eigenvalue weighted by Gasteiger charge is -2.35. The highest BCUT2D eigenvalue weighted by Gasteiger charge is 2.25. The highest BCUT2D eigenvalue weighted by atomic mass is 16.5. The molecule has 4 rings (SSSR count). The number of ether oxygens (including phenoxy) is 1. The normalized spacial score (nSPS) is 15.6. The fourth-order valence-corrected chi connectivity index (χ4v) is 4.26. The van der Waals surface area contributed by atoms with Crippen molar-refractivity contribution in [3.63, 3.8) is 0 Å². The minimum Gasteiger partial charge on any atom is -0.382 e.